The topological polar surface area (TPSA) is 51.2 Å². The van der Waals surface area contributed by atoms with E-state index in [0.29, 0.717) is 18.9 Å². The molecule has 32 heavy (non-hydrogen) atoms. The van der Waals surface area contributed by atoms with E-state index in [1.807, 2.05) is 0 Å². The van der Waals surface area contributed by atoms with Crippen LogP contribution in [0.1, 0.15) is 64.6 Å². The molecule has 182 valence electrons. The van der Waals surface area contributed by atoms with Gasteiger partial charge in [0.2, 0.25) is 0 Å². The Labute approximate surface area is 196 Å². The number of hydrogen-bond acceptors (Lipinski definition) is 5. The molecule has 0 amide bonds. The molecule has 0 aliphatic carbocycles. The molecular weight excluding hydrogens is 418 g/mol. The molecule has 0 aromatic heterocycles. The molecule has 2 aliphatic rings. The van der Waals surface area contributed by atoms with Crippen molar-refractivity contribution in [3.8, 4) is 11.5 Å². The lowest BCUT2D eigenvalue weighted by atomic mass is 9.71. The summed E-state index contributed by atoms with van der Waals surface area (Å²) in [5, 5.41) is 12.2. The highest BCUT2D eigenvalue weighted by atomic mass is 28.4. The molecule has 1 aromatic rings. The van der Waals surface area contributed by atoms with Gasteiger partial charge in [0.05, 0.1) is 26.4 Å². The normalized spacial score (nSPS) is 26.6. The molecule has 2 aliphatic heterocycles. The summed E-state index contributed by atoms with van der Waals surface area (Å²) in [5.41, 5.74) is 1.74. The van der Waals surface area contributed by atoms with E-state index >= 15 is 0 Å². The Morgan fingerprint density at radius 3 is 2.34 bits per heavy atom. The Morgan fingerprint density at radius 2 is 1.78 bits per heavy atom. The molecule has 1 aromatic carbocycles. The summed E-state index contributed by atoms with van der Waals surface area (Å²) in [4.78, 5) is 2.57. The highest BCUT2D eigenvalue weighted by Crippen LogP contribution is 2.48. The molecule has 0 saturated carbocycles. The van der Waals surface area contributed by atoms with Crippen LogP contribution in [0.3, 0.4) is 0 Å². The zero-order valence-corrected chi connectivity index (χ0v) is 22.7. The largest absolute Gasteiger partial charge is 0.493 e. The van der Waals surface area contributed by atoms with E-state index in [2.05, 4.69) is 64.7 Å². The van der Waals surface area contributed by atoms with Gasteiger partial charge in [-0.25, -0.2) is 0 Å². The number of aliphatic hydroxyl groups is 1. The lowest BCUT2D eigenvalue weighted by Crippen LogP contribution is -2.58. The van der Waals surface area contributed by atoms with Gasteiger partial charge in [-0.05, 0) is 66.6 Å². The van der Waals surface area contributed by atoms with Crippen LogP contribution >= 0.6 is 0 Å². The number of hydrogen-bond donors (Lipinski definition) is 1. The van der Waals surface area contributed by atoms with Gasteiger partial charge in [-0.2, -0.15) is 0 Å². The van der Waals surface area contributed by atoms with E-state index in [1.54, 1.807) is 14.2 Å². The van der Waals surface area contributed by atoms with Gasteiger partial charge in [-0.3, -0.25) is 4.90 Å². The van der Waals surface area contributed by atoms with Gasteiger partial charge in [0.1, 0.15) is 0 Å². The quantitative estimate of drug-likeness (QED) is 0.547. The van der Waals surface area contributed by atoms with Crippen LogP contribution in [0, 0.1) is 11.8 Å². The van der Waals surface area contributed by atoms with Crippen LogP contribution in [-0.4, -0.2) is 57.8 Å². The molecule has 1 N–H and O–H groups in total. The third-order valence-electron chi connectivity index (χ3n) is 8.12. The third kappa shape index (κ3) is 5.03. The second-order valence-electron chi connectivity index (χ2n) is 11.8. The second kappa shape index (κ2) is 9.28. The van der Waals surface area contributed by atoms with Gasteiger partial charge >= 0.3 is 0 Å². The maximum absolute atomic E-state index is 12.1. The number of piperidine rings is 1. The summed E-state index contributed by atoms with van der Waals surface area (Å²) in [6.45, 7) is 18.2. The average Bonchev–Trinajstić information content (AvgIpc) is 2.71. The van der Waals surface area contributed by atoms with Gasteiger partial charge in [-0.1, -0.05) is 34.6 Å². The summed E-state index contributed by atoms with van der Waals surface area (Å²) in [6.07, 6.45) is 2.71. The number of ether oxygens (including phenoxy) is 2. The Kier molecular flexibility index (Phi) is 7.41. The molecule has 0 radical (unpaired) electrons. The molecule has 0 bridgehead atoms. The minimum Gasteiger partial charge on any atom is -0.493 e. The van der Waals surface area contributed by atoms with Crippen molar-refractivity contribution in [2.75, 3.05) is 33.9 Å². The number of methoxy groups -OCH3 is 2. The Hall–Kier alpha value is -1.08. The molecule has 5 nitrogen and oxygen atoms in total. The van der Waals surface area contributed by atoms with E-state index in [9.17, 15) is 5.11 Å². The summed E-state index contributed by atoms with van der Waals surface area (Å²) < 4.78 is 17.8. The second-order valence-corrected chi connectivity index (χ2v) is 16.7. The molecule has 2 heterocycles. The molecule has 1 saturated heterocycles. The zero-order chi connectivity index (χ0) is 23.9. The van der Waals surface area contributed by atoms with Crippen molar-refractivity contribution in [1.82, 2.24) is 4.90 Å². The monoisotopic (exact) mass is 463 g/mol. The Bertz CT molecular complexity index is 804. The van der Waals surface area contributed by atoms with E-state index in [1.165, 1.54) is 11.1 Å². The maximum Gasteiger partial charge on any atom is 0.192 e. The van der Waals surface area contributed by atoms with Crippen molar-refractivity contribution >= 4 is 8.32 Å². The first kappa shape index (κ1) is 25.5. The van der Waals surface area contributed by atoms with Gasteiger partial charge in [0, 0.05) is 25.0 Å². The lowest BCUT2D eigenvalue weighted by molar-refractivity contribution is -0.126. The van der Waals surface area contributed by atoms with Crippen LogP contribution in [0.25, 0.3) is 0 Å². The highest BCUT2D eigenvalue weighted by molar-refractivity contribution is 6.74. The number of nitrogens with zero attached hydrogens (tertiary/aromatic N) is 1. The van der Waals surface area contributed by atoms with Crippen LogP contribution in [-0.2, 0) is 10.8 Å². The first-order valence-corrected chi connectivity index (χ1v) is 15.1. The molecule has 6 heteroatoms. The molecule has 3 atom stereocenters. The minimum absolute atomic E-state index is 0.124. The van der Waals surface area contributed by atoms with E-state index < -0.39 is 13.9 Å². The van der Waals surface area contributed by atoms with Crippen molar-refractivity contribution in [2.45, 2.75) is 83.7 Å². The molecule has 1 unspecified atom stereocenters. The molecule has 3 rings (SSSR count). The third-order valence-corrected chi connectivity index (χ3v) is 12.6. The lowest BCUT2D eigenvalue weighted by Gasteiger charge is -2.52. The minimum atomic E-state index is -1.96. The van der Waals surface area contributed by atoms with Gasteiger partial charge in [0.15, 0.2) is 19.8 Å². The van der Waals surface area contributed by atoms with Crippen molar-refractivity contribution in [1.29, 1.82) is 0 Å². The zero-order valence-electron chi connectivity index (χ0n) is 21.7. The van der Waals surface area contributed by atoms with Gasteiger partial charge in [0.25, 0.3) is 0 Å². The van der Waals surface area contributed by atoms with Crippen LogP contribution in [0.15, 0.2) is 12.1 Å². The van der Waals surface area contributed by atoms with Gasteiger partial charge < -0.3 is 19.0 Å². The van der Waals surface area contributed by atoms with Crippen LogP contribution in [0.4, 0.5) is 0 Å². The van der Waals surface area contributed by atoms with Crippen LogP contribution < -0.4 is 9.47 Å². The fraction of sp³-hybridized carbons (Fsp3) is 0.769. The Morgan fingerprint density at radius 1 is 1.16 bits per heavy atom. The van der Waals surface area contributed by atoms with Crippen LogP contribution in [0.5, 0.6) is 11.5 Å². The summed E-state index contributed by atoms with van der Waals surface area (Å²) in [6, 6.07) is 4.43. The summed E-state index contributed by atoms with van der Waals surface area (Å²) in [5.74, 6) is 2.30. The van der Waals surface area contributed by atoms with Crippen LogP contribution in [0.2, 0.25) is 18.1 Å². The SMILES string of the molecule is COc1cc2c(cc1OC)[C@H]1C[C@](O)(CO[Si](C)(C)C(C)(C)C)C(CC(C)C)CN1CC2. The predicted octanol–water partition coefficient (Wildman–Crippen LogP) is 5.42. The molecule has 1 fully saturated rings. The average molecular weight is 464 g/mol. The maximum atomic E-state index is 12.1. The summed E-state index contributed by atoms with van der Waals surface area (Å²) >= 11 is 0. The van der Waals surface area contributed by atoms with E-state index in [0.717, 1.165) is 37.4 Å². The number of fused-ring (bicyclic) bond motifs is 3. The van der Waals surface area contributed by atoms with Crippen molar-refractivity contribution in [3.05, 3.63) is 23.3 Å². The predicted molar refractivity (Wildman–Crippen MR) is 133 cm³/mol. The first-order chi connectivity index (χ1) is 14.8. The smallest absolute Gasteiger partial charge is 0.192 e. The van der Waals surface area contributed by atoms with Crippen molar-refractivity contribution in [3.63, 3.8) is 0 Å². The van der Waals surface area contributed by atoms with E-state index in [-0.39, 0.29) is 17.0 Å². The standard InChI is InChI=1S/C26H45NO4Si/c1-18(2)12-20-16-27-11-10-19-13-23(29-6)24(30-7)14-21(19)22(27)15-26(20,28)17-31-32(8,9)25(3,4)5/h13-14,18,20,22,28H,10-12,15-17H2,1-9H3/t20?,22-,26+/m1/s1. The van der Waals surface area contributed by atoms with Crippen molar-refractivity contribution < 1.29 is 19.0 Å². The van der Waals surface area contributed by atoms with E-state index in [4.69, 9.17) is 13.9 Å². The summed E-state index contributed by atoms with van der Waals surface area (Å²) in [7, 11) is 1.42. The number of benzene rings is 1. The molecular formula is C26H45NO4Si. The fourth-order valence-electron chi connectivity index (χ4n) is 5.05. The molecule has 0 spiro atoms. The van der Waals surface area contributed by atoms with Crippen molar-refractivity contribution in [2.24, 2.45) is 11.8 Å². The number of rotatable bonds is 7. The van der Waals surface area contributed by atoms with Gasteiger partial charge in [-0.15, -0.1) is 0 Å². The highest BCUT2D eigenvalue weighted by Gasteiger charge is 2.49. The Balaban J connectivity index is 1.93. The first-order valence-electron chi connectivity index (χ1n) is 12.2. The fourth-order valence-corrected chi connectivity index (χ4v) is 6.10.